The van der Waals surface area contributed by atoms with E-state index in [2.05, 4.69) is 57.2 Å². The lowest BCUT2D eigenvalue weighted by molar-refractivity contribution is -0.180. The van der Waals surface area contributed by atoms with Crippen LogP contribution in [0, 0.1) is 5.92 Å². The van der Waals surface area contributed by atoms with E-state index in [-0.39, 0.29) is 18.5 Å². The molecular formula is C42H78O3. The van der Waals surface area contributed by atoms with E-state index in [0.717, 1.165) is 38.0 Å². The molecule has 1 rings (SSSR count). The highest BCUT2D eigenvalue weighted by atomic mass is 16.7. The Morgan fingerprint density at radius 1 is 0.622 bits per heavy atom. The zero-order valence-corrected chi connectivity index (χ0v) is 30.6. The van der Waals surface area contributed by atoms with Gasteiger partial charge in [0.25, 0.3) is 0 Å². The minimum Gasteiger partial charge on any atom is -0.396 e. The summed E-state index contributed by atoms with van der Waals surface area (Å²) in [5.41, 5.74) is 0. The van der Waals surface area contributed by atoms with Gasteiger partial charge < -0.3 is 14.6 Å². The summed E-state index contributed by atoms with van der Waals surface area (Å²) in [6.45, 7) is 7.90. The fourth-order valence-corrected chi connectivity index (χ4v) is 6.52. The van der Waals surface area contributed by atoms with Gasteiger partial charge in [-0.3, -0.25) is 0 Å². The molecule has 3 nitrogen and oxygen atoms in total. The van der Waals surface area contributed by atoms with Crippen molar-refractivity contribution in [2.45, 2.75) is 212 Å². The average Bonchev–Trinajstić information content (AvgIpc) is 3.45. The maximum atomic E-state index is 9.27. The highest BCUT2D eigenvalue weighted by molar-refractivity contribution is 4.92. The van der Waals surface area contributed by atoms with E-state index in [9.17, 15) is 5.11 Å². The Labute approximate surface area is 282 Å². The molecule has 45 heavy (non-hydrogen) atoms. The molecule has 1 heterocycles. The third-order valence-corrected chi connectivity index (χ3v) is 9.54. The van der Waals surface area contributed by atoms with Crippen LogP contribution in [0.2, 0.25) is 0 Å². The summed E-state index contributed by atoms with van der Waals surface area (Å²) in [4.78, 5) is 0. The van der Waals surface area contributed by atoms with Crippen LogP contribution in [-0.4, -0.2) is 30.2 Å². The van der Waals surface area contributed by atoms with Crippen molar-refractivity contribution in [1.29, 1.82) is 0 Å². The van der Waals surface area contributed by atoms with Crippen LogP contribution >= 0.6 is 0 Å². The first-order valence-corrected chi connectivity index (χ1v) is 20.0. The third-order valence-electron chi connectivity index (χ3n) is 9.54. The Hall–Kier alpha value is -0.900. The monoisotopic (exact) mass is 631 g/mol. The van der Waals surface area contributed by atoms with Crippen molar-refractivity contribution in [3.63, 3.8) is 0 Å². The van der Waals surface area contributed by atoms with Crippen molar-refractivity contribution in [2.75, 3.05) is 13.2 Å². The lowest BCUT2D eigenvalue weighted by atomic mass is 9.98. The standard InChI is InChI=1S/C42H78O3/c1-4-6-8-9-10-11-12-13-14-15-16-17-20-23-26-30-36-42(44-39-41(45-42)35-32-38-43)37-31-27-24-21-18-19-22-25-29-34-40(3)33-28-7-5-2/h10-11,13-14,25,29,40-41,43H,4-9,12,15-24,26-28,30-39H2,1-3H3/b11-10-,14-13-,29-25-. The average molecular weight is 631 g/mol. The maximum absolute atomic E-state index is 9.27. The van der Waals surface area contributed by atoms with Gasteiger partial charge in [0.05, 0.1) is 12.7 Å². The third kappa shape index (κ3) is 25.8. The van der Waals surface area contributed by atoms with Gasteiger partial charge in [0.2, 0.25) is 0 Å². The second-order valence-corrected chi connectivity index (χ2v) is 14.1. The largest absolute Gasteiger partial charge is 0.396 e. The molecule has 264 valence electrons. The highest BCUT2D eigenvalue weighted by Crippen LogP contribution is 2.36. The van der Waals surface area contributed by atoms with Crippen molar-refractivity contribution >= 4 is 0 Å². The number of allylic oxidation sites excluding steroid dienone is 6. The summed E-state index contributed by atoms with van der Waals surface area (Å²) < 4.78 is 12.9. The molecule has 1 aliphatic heterocycles. The molecule has 1 aliphatic rings. The molecule has 0 saturated carbocycles. The Bertz CT molecular complexity index is 698. The Balaban J connectivity index is 2.13. The molecule has 0 aromatic carbocycles. The van der Waals surface area contributed by atoms with Gasteiger partial charge in [0.15, 0.2) is 5.79 Å². The number of aliphatic hydroxyl groups excluding tert-OH is 1. The van der Waals surface area contributed by atoms with Gasteiger partial charge in [-0.15, -0.1) is 0 Å². The van der Waals surface area contributed by atoms with Gasteiger partial charge in [-0.1, -0.05) is 147 Å². The zero-order chi connectivity index (χ0) is 32.5. The van der Waals surface area contributed by atoms with Crippen molar-refractivity contribution in [2.24, 2.45) is 5.92 Å². The predicted molar refractivity (Wildman–Crippen MR) is 198 cm³/mol. The van der Waals surface area contributed by atoms with Crippen molar-refractivity contribution in [3.05, 3.63) is 36.5 Å². The molecule has 0 spiro atoms. The van der Waals surface area contributed by atoms with Crippen LogP contribution in [0.3, 0.4) is 0 Å². The highest BCUT2D eigenvalue weighted by Gasteiger charge is 2.40. The summed E-state index contributed by atoms with van der Waals surface area (Å²) in [5, 5.41) is 9.27. The van der Waals surface area contributed by atoms with E-state index in [4.69, 9.17) is 9.47 Å². The fourth-order valence-electron chi connectivity index (χ4n) is 6.52. The lowest BCUT2D eigenvalue weighted by Crippen LogP contribution is -2.31. The van der Waals surface area contributed by atoms with Crippen LogP contribution in [0.4, 0.5) is 0 Å². The minimum atomic E-state index is -0.367. The number of ether oxygens (including phenoxy) is 2. The second-order valence-electron chi connectivity index (χ2n) is 14.1. The molecule has 0 amide bonds. The lowest BCUT2D eigenvalue weighted by Gasteiger charge is -2.28. The van der Waals surface area contributed by atoms with Gasteiger partial charge >= 0.3 is 0 Å². The molecule has 0 aromatic heterocycles. The predicted octanol–water partition coefficient (Wildman–Crippen LogP) is 13.4. The number of rotatable bonds is 33. The SMILES string of the molecule is CCCCC/C=C\C/C=C\CCCCCCCCC1(CCCCCCCC/C=C\CC(C)CCCCC)OCC(CCCO)O1. The van der Waals surface area contributed by atoms with E-state index in [1.807, 2.05) is 0 Å². The van der Waals surface area contributed by atoms with Crippen molar-refractivity contribution in [3.8, 4) is 0 Å². The summed E-state index contributed by atoms with van der Waals surface area (Å²) in [5.74, 6) is 0.475. The molecule has 3 atom stereocenters. The minimum absolute atomic E-state index is 0.161. The van der Waals surface area contributed by atoms with Crippen LogP contribution in [-0.2, 0) is 9.47 Å². The number of hydrogen-bond donors (Lipinski definition) is 1. The molecule has 3 unspecified atom stereocenters. The van der Waals surface area contributed by atoms with Crippen molar-refractivity contribution in [1.82, 2.24) is 0 Å². The summed E-state index contributed by atoms with van der Waals surface area (Å²) >= 11 is 0. The van der Waals surface area contributed by atoms with Crippen LogP contribution in [0.15, 0.2) is 36.5 Å². The summed E-state index contributed by atoms with van der Waals surface area (Å²) in [7, 11) is 0. The normalized spacial score (nSPS) is 19.6. The quantitative estimate of drug-likeness (QED) is 0.0579. The molecule has 1 N–H and O–H groups in total. The first-order chi connectivity index (χ1) is 22.2. The van der Waals surface area contributed by atoms with Gasteiger partial charge in [0.1, 0.15) is 0 Å². The molecule has 1 saturated heterocycles. The van der Waals surface area contributed by atoms with Gasteiger partial charge in [-0.25, -0.2) is 0 Å². The van der Waals surface area contributed by atoms with Gasteiger partial charge in [-0.05, 0) is 83.0 Å². The van der Waals surface area contributed by atoms with Crippen LogP contribution in [0.1, 0.15) is 201 Å². The van der Waals surface area contributed by atoms with E-state index in [1.54, 1.807) is 0 Å². The first-order valence-electron chi connectivity index (χ1n) is 20.0. The van der Waals surface area contributed by atoms with E-state index in [1.165, 1.54) is 148 Å². The van der Waals surface area contributed by atoms with E-state index < -0.39 is 0 Å². The second kappa shape index (κ2) is 31.7. The topological polar surface area (TPSA) is 38.7 Å². The van der Waals surface area contributed by atoms with E-state index >= 15 is 0 Å². The molecule has 0 aliphatic carbocycles. The molecule has 0 bridgehead atoms. The number of aliphatic hydroxyl groups is 1. The Kier molecular flexibility index (Phi) is 29.7. The molecule has 0 radical (unpaired) electrons. The van der Waals surface area contributed by atoms with Gasteiger partial charge in [0, 0.05) is 19.4 Å². The molecule has 0 aromatic rings. The summed E-state index contributed by atoms with van der Waals surface area (Å²) in [6, 6.07) is 0. The Morgan fingerprint density at radius 2 is 1.13 bits per heavy atom. The van der Waals surface area contributed by atoms with Crippen molar-refractivity contribution < 1.29 is 14.6 Å². The number of unbranched alkanes of at least 4 members (excludes halogenated alkanes) is 17. The molecular weight excluding hydrogens is 552 g/mol. The smallest absolute Gasteiger partial charge is 0.168 e. The van der Waals surface area contributed by atoms with Crippen LogP contribution in [0.25, 0.3) is 0 Å². The zero-order valence-electron chi connectivity index (χ0n) is 30.6. The number of hydrogen-bond acceptors (Lipinski definition) is 3. The molecule has 3 heteroatoms. The fraction of sp³-hybridized carbons (Fsp3) is 0.857. The van der Waals surface area contributed by atoms with Crippen LogP contribution < -0.4 is 0 Å². The summed E-state index contributed by atoms with van der Waals surface area (Å²) in [6.07, 6.45) is 49.3. The maximum Gasteiger partial charge on any atom is 0.168 e. The first kappa shape index (κ1) is 42.1. The van der Waals surface area contributed by atoms with Gasteiger partial charge in [-0.2, -0.15) is 0 Å². The molecule has 1 fully saturated rings. The van der Waals surface area contributed by atoms with Crippen LogP contribution in [0.5, 0.6) is 0 Å². The Morgan fingerprint density at radius 3 is 1.71 bits per heavy atom. The van der Waals surface area contributed by atoms with E-state index in [0.29, 0.717) is 6.61 Å².